The first-order valence-corrected chi connectivity index (χ1v) is 10.3. The molecule has 0 radical (unpaired) electrons. The van der Waals surface area contributed by atoms with E-state index in [9.17, 15) is 9.90 Å². The highest BCUT2D eigenvalue weighted by Crippen LogP contribution is 2.34. The monoisotopic (exact) mass is 396 g/mol. The molecule has 2 atom stereocenters. The number of ether oxygens (including phenoxy) is 1. The smallest absolute Gasteiger partial charge is 0.262 e. The van der Waals surface area contributed by atoms with Gasteiger partial charge in [0.2, 0.25) is 0 Å². The number of nitrogens with zero attached hydrogens (tertiary/aromatic N) is 1. The molecule has 0 aromatic heterocycles. The first-order valence-electron chi connectivity index (χ1n) is 10.3. The van der Waals surface area contributed by atoms with Crippen LogP contribution in [0.4, 0.5) is 5.69 Å². The van der Waals surface area contributed by atoms with Crippen molar-refractivity contribution in [1.29, 1.82) is 0 Å². The lowest BCUT2D eigenvalue weighted by atomic mass is 9.73. The molecule has 1 heterocycles. The lowest BCUT2D eigenvalue weighted by Gasteiger charge is -2.42. The minimum absolute atomic E-state index is 0.0270. The molecule has 0 spiro atoms. The molecule has 2 aromatic rings. The first kappa shape index (κ1) is 21.3. The molecule has 156 valence electrons. The van der Waals surface area contributed by atoms with Gasteiger partial charge in [-0.1, -0.05) is 51.1 Å². The Kier molecular flexibility index (Phi) is 6.93. The van der Waals surface area contributed by atoms with E-state index in [0.29, 0.717) is 18.2 Å². The highest BCUT2D eigenvalue weighted by atomic mass is 16.5. The number of rotatable bonds is 6. The van der Waals surface area contributed by atoms with Crippen LogP contribution in [0.1, 0.15) is 32.8 Å². The van der Waals surface area contributed by atoms with Crippen LogP contribution < -0.4 is 10.1 Å². The third kappa shape index (κ3) is 6.31. The molecule has 0 saturated carbocycles. The number of aliphatic hydroxyl groups is 1. The molecule has 1 aliphatic rings. The fourth-order valence-electron chi connectivity index (χ4n) is 3.97. The Morgan fingerprint density at radius 2 is 1.83 bits per heavy atom. The van der Waals surface area contributed by atoms with E-state index in [1.165, 1.54) is 5.56 Å². The largest absolute Gasteiger partial charge is 0.484 e. The summed E-state index contributed by atoms with van der Waals surface area (Å²) in [7, 11) is 0. The molecule has 0 unspecified atom stereocenters. The predicted octanol–water partition coefficient (Wildman–Crippen LogP) is 3.93. The van der Waals surface area contributed by atoms with Crippen LogP contribution in [0.5, 0.6) is 5.75 Å². The number of hydrogen-bond donors (Lipinski definition) is 2. The summed E-state index contributed by atoms with van der Waals surface area (Å²) in [5.41, 5.74) is 2.07. The number of likely N-dealkylation sites (tertiary alicyclic amines) is 1. The average Bonchev–Trinajstić information content (AvgIpc) is 2.67. The maximum absolute atomic E-state index is 12.0. The predicted molar refractivity (Wildman–Crippen MR) is 116 cm³/mol. The average molecular weight is 397 g/mol. The van der Waals surface area contributed by atoms with Crippen LogP contribution in [0.2, 0.25) is 0 Å². The molecule has 1 fully saturated rings. The van der Waals surface area contributed by atoms with Crippen molar-refractivity contribution in [3.8, 4) is 5.75 Å². The Labute approximate surface area is 173 Å². The van der Waals surface area contributed by atoms with Crippen molar-refractivity contribution in [2.45, 2.75) is 39.8 Å². The van der Waals surface area contributed by atoms with Gasteiger partial charge in [-0.15, -0.1) is 0 Å². The standard InChI is InChI=1S/C24H32N2O3/c1-24(2,3)21-13-14-26(16-22(21)27)15-18-9-11-20(12-10-18)29-17-23(28)25-19-7-5-4-6-8-19/h4-12,21-22,27H,13-17H2,1-3H3,(H,25,28)/t21-,22-/m1/s1. The van der Waals surface area contributed by atoms with Crippen LogP contribution in [0.15, 0.2) is 54.6 Å². The number of para-hydroxylation sites is 1. The summed E-state index contributed by atoms with van der Waals surface area (Å²) in [6, 6.07) is 17.2. The molecule has 2 aromatic carbocycles. The molecule has 0 bridgehead atoms. The zero-order valence-electron chi connectivity index (χ0n) is 17.6. The van der Waals surface area contributed by atoms with Gasteiger partial charge in [0, 0.05) is 18.8 Å². The quantitative estimate of drug-likeness (QED) is 0.777. The lowest BCUT2D eigenvalue weighted by molar-refractivity contribution is -0.118. The molecule has 29 heavy (non-hydrogen) atoms. The van der Waals surface area contributed by atoms with Crippen molar-refractivity contribution >= 4 is 11.6 Å². The summed E-state index contributed by atoms with van der Waals surface area (Å²) in [4.78, 5) is 14.3. The summed E-state index contributed by atoms with van der Waals surface area (Å²) >= 11 is 0. The van der Waals surface area contributed by atoms with Crippen LogP contribution in [-0.4, -0.2) is 41.7 Å². The number of aliphatic hydroxyl groups excluding tert-OH is 1. The third-order valence-electron chi connectivity index (χ3n) is 5.54. The minimum Gasteiger partial charge on any atom is -0.484 e. The van der Waals surface area contributed by atoms with Gasteiger partial charge in [-0.05, 0) is 54.1 Å². The highest BCUT2D eigenvalue weighted by Gasteiger charge is 2.35. The van der Waals surface area contributed by atoms with Gasteiger partial charge in [0.1, 0.15) is 5.75 Å². The van der Waals surface area contributed by atoms with Gasteiger partial charge < -0.3 is 15.2 Å². The van der Waals surface area contributed by atoms with E-state index in [4.69, 9.17) is 4.74 Å². The van der Waals surface area contributed by atoms with Crippen molar-refractivity contribution < 1.29 is 14.6 Å². The van der Waals surface area contributed by atoms with Gasteiger partial charge in [-0.2, -0.15) is 0 Å². The summed E-state index contributed by atoms with van der Waals surface area (Å²) in [5.74, 6) is 0.830. The molecule has 5 nitrogen and oxygen atoms in total. The molecule has 5 heteroatoms. The summed E-state index contributed by atoms with van der Waals surface area (Å²) < 4.78 is 5.59. The van der Waals surface area contributed by atoms with Crippen molar-refractivity contribution in [3.05, 3.63) is 60.2 Å². The van der Waals surface area contributed by atoms with Gasteiger partial charge in [0.15, 0.2) is 6.61 Å². The van der Waals surface area contributed by atoms with E-state index < -0.39 is 0 Å². The third-order valence-corrected chi connectivity index (χ3v) is 5.54. The van der Waals surface area contributed by atoms with Gasteiger partial charge in [0.05, 0.1) is 6.10 Å². The van der Waals surface area contributed by atoms with Gasteiger partial charge in [-0.3, -0.25) is 9.69 Å². The number of carbonyl (C=O) groups excluding carboxylic acids is 1. The zero-order valence-corrected chi connectivity index (χ0v) is 17.6. The summed E-state index contributed by atoms with van der Waals surface area (Å²) in [6.07, 6.45) is 0.733. The molecule has 3 rings (SSSR count). The fourth-order valence-corrected chi connectivity index (χ4v) is 3.97. The fraction of sp³-hybridized carbons (Fsp3) is 0.458. The Morgan fingerprint density at radius 3 is 2.45 bits per heavy atom. The van der Waals surface area contributed by atoms with Crippen LogP contribution in [0, 0.1) is 11.3 Å². The van der Waals surface area contributed by atoms with Crippen molar-refractivity contribution in [1.82, 2.24) is 4.90 Å². The van der Waals surface area contributed by atoms with Gasteiger partial charge in [0.25, 0.3) is 5.91 Å². The second-order valence-electron chi connectivity index (χ2n) is 8.91. The van der Waals surface area contributed by atoms with E-state index in [1.807, 2.05) is 54.6 Å². The highest BCUT2D eigenvalue weighted by molar-refractivity contribution is 5.91. The summed E-state index contributed by atoms with van der Waals surface area (Å²) in [5, 5.41) is 13.3. The molecule has 1 aliphatic heterocycles. The number of piperidine rings is 1. The van der Waals surface area contributed by atoms with E-state index in [-0.39, 0.29) is 24.0 Å². The number of benzene rings is 2. The van der Waals surface area contributed by atoms with E-state index in [2.05, 4.69) is 31.0 Å². The molecule has 2 N–H and O–H groups in total. The molecule has 0 aliphatic carbocycles. The Hall–Kier alpha value is -2.37. The van der Waals surface area contributed by atoms with Crippen molar-refractivity contribution in [2.75, 3.05) is 25.0 Å². The van der Waals surface area contributed by atoms with Gasteiger partial charge in [-0.25, -0.2) is 0 Å². The topological polar surface area (TPSA) is 61.8 Å². The number of nitrogens with one attached hydrogen (secondary N) is 1. The Balaban J connectivity index is 1.45. The molecule has 1 amide bonds. The number of hydrogen-bond acceptors (Lipinski definition) is 4. The van der Waals surface area contributed by atoms with Crippen molar-refractivity contribution in [3.63, 3.8) is 0 Å². The molecular formula is C24H32N2O3. The van der Waals surface area contributed by atoms with Crippen LogP contribution in [-0.2, 0) is 11.3 Å². The van der Waals surface area contributed by atoms with E-state index in [0.717, 1.165) is 25.2 Å². The lowest BCUT2D eigenvalue weighted by Crippen LogP contribution is -2.47. The maximum Gasteiger partial charge on any atom is 0.262 e. The normalized spacial score (nSPS) is 20.3. The van der Waals surface area contributed by atoms with Crippen LogP contribution >= 0.6 is 0 Å². The second-order valence-corrected chi connectivity index (χ2v) is 8.91. The van der Waals surface area contributed by atoms with Crippen LogP contribution in [0.3, 0.4) is 0 Å². The van der Waals surface area contributed by atoms with Gasteiger partial charge >= 0.3 is 0 Å². The SMILES string of the molecule is CC(C)(C)[C@@H]1CCN(Cc2ccc(OCC(=O)Nc3ccccc3)cc2)C[C@H]1O. The summed E-state index contributed by atoms with van der Waals surface area (Å²) in [6.45, 7) is 9.10. The number of carbonyl (C=O) groups is 1. The molecule has 1 saturated heterocycles. The number of β-amino-alcohol motifs (C(OH)–C–C–N with tert-alkyl or cyclic N) is 1. The van der Waals surface area contributed by atoms with Crippen LogP contribution in [0.25, 0.3) is 0 Å². The van der Waals surface area contributed by atoms with E-state index >= 15 is 0 Å². The van der Waals surface area contributed by atoms with E-state index in [1.54, 1.807) is 0 Å². The molecular weight excluding hydrogens is 364 g/mol. The number of anilines is 1. The number of amides is 1. The van der Waals surface area contributed by atoms with Crippen molar-refractivity contribution in [2.24, 2.45) is 11.3 Å². The maximum atomic E-state index is 12.0. The Morgan fingerprint density at radius 1 is 1.14 bits per heavy atom. The zero-order chi connectivity index (χ0) is 20.9. The minimum atomic E-state index is -0.283. The Bertz CT molecular complexity index is 784. The second kappa shape index (κ2) is 9.42. The first-order chi connectivity index (χ1) is 13.8.